The summed E-state index contributed by atoms with van der Waals surface area (Å²) < 4.78 is 4.80. The van der Waals surface area contributed by atoms with Crippen molar-refractivity contribution in [3.05, 3.63) is 64.7 Å². The van der Waals surface area contributed by atoms with Gasteiger partial charge in [0.1, 0.15) is 0 Å². The van der Waals surface area contributed by atoms with Crippen molar-refractivity contribution in [2.24, 2.45) is 0 Å². The molecule has 0 atom stereocenters. The average Bonchev–Trinajstić information content (AvgIpc) is 2.43. The van der Waals surface area contributed by atoms with Crippen molar-refractivity contribution >= 4 is 11.7 Å². The second kappa shape index (κ2) is 6.24. The zero-order valence-electron chi connectivity index (χ0n) is 12.1. The first-order valence-corrected chi connectivity index (χ1v) is 6.58. The van der Waals surface area contributed by atoms with Gasteiger partial charge >= 0.3 is 5.97 Å². The molecule has 0 unspecified atom stereocenters. The van der Waals surface area contributed by atoms with E-state index >= 15 is 0 Å². The van der Waals surface area contributed by atoms with Gasteiger partial charge in [-0.25, -0.2) is 4.79 Å². The highest BCUT2D eigenvalue weighted by molar-refractivity contribution is 5.91. The van der Waals surface area contributed by atoms with Crippen molar-refractivity contribution in [1.82, 2.24) is 0 Å². The van der Waals surface area contributed by atoms with Crippen molar-refractivity contribution in [3.63, 3.8) is 0 Å². The molecule has 0 aliphatic carbocycles. The van der Waals surface area contributed by atoms with Crippen LogP contribution in [0.25, 0.3) is 0 Å². The summed E-state index contributed by atoms with van der Waals surface area (Å²) in [5, 5.41) is 3.35. The minimum atomic E-state index is -0.303. The maximum absolute atomic E-state index is 11.7. The fraction of sp³-hybridized carbons (Fsp3) is 0.235. The lowest BCUT2D eigenvalue weighted by atomic mass is 10.1. The molecule has 0 aliphatic heterocycles. The average molecular weight is 269 g/mol. The quantitative estimate of drug-likeness (QED) is 0.860. The van der Waals surface area contributed by atoms with Crippen LogP contribution >= 0.6 is 0 Å². The molecule has 20 heavy (non-hydrogen) atoms. The molecular weight excluding hydrogens is 250 g/mol. The summed E-state index contributed by atoms with van der Waals surface area (Å²) in [6, 6.07) is 13.8. The number of anilines is 1. The SMILES string of the molecule is COC(=O)c1ccccc1CNc1cc(C)cc(C)c1. The molecule has 0 saturated carbocycles. The predicted octanol–water partition coefficient (Wildman–Crippen LogP) is 3.70. The number of esters is 1. The van der Waals surface area contributed by atoms with E-state index in [1.807, 2.05) is 18.2 Å². The third kappa shape index (κ3) is 3.38. The van der Waals surface area contributed by atoms with Crippen LogP contribution in [-0.4, -0.2) is 13.1 Å². The van der Waals surface area contributed by atoms with Crippen LogP contribution < -0.4 is 5.32 Å². The summed E-state index contributed by atoms with van der Waals surface area (Å²) in [5.74, 6) is -0.303. The third-order valence-electron chi connectivity index (χ3n) is 3.13. The molecule has 3 nitrogen and oxygen atoms in total. The van der Waals surface area contributed by atoms with E-state index in [-0.39, 0.29) is 5.97 Å². The monoisotopic (exact) mass is 269 g/mol. The summed E-state index contributed by atoms with van der Waals surface area (Å²) in [4.78, 5) is 11.7. The summed E-state index contributed by atoms with van der Waals surface area (Å²) in [6.07, 6.45) is 0. The molecule has 104 valence electrons. The lowest BCUT2D eigenvalue weighted by molar-refractivity contribution is 0.0599. The highest BCUT2D eigenvalue weighted by atomic mass is 16.5. The maximum atomic E-state index is 11.7. The van der Waals surface area contributed by atoms with Gasteiger partial charge in [0.2, 0.25) is 0 Å². The van der Waals surface area contributed by atoms with E-state index in [0.29, 0.717) is 12.1 Å². The molecule has 0 aliphatic rings. The van der Waals surface area contributed by atoms with E-state index in [2.05, 4.69) is 37.4 Å². The summed E-state index contributed by atoms with van der Waals surface area (Å²) >= 11 is 0. The molecule has 0 bridgehead atoms. The van der Waals surface area contributed by atoms with Crippen LogP contribution in [0.4, 0.5) is 5.69 Å². The van der Waals surface area contributed by atoms with Gasteiger partial charge in [0.05, 0.1) is 12.7 Å². The van der Waals surface area contributed by atoms with Crippen molar-refractivity contribution in [2.75, 3.05) is 12.4 Å². The first kappa shape index (κ1) is 14.1. The highest BCUT2D eigenvalue weighted by Gasteiger charge is 2.10. The molecule has 0 radical (unpaired) electrons. The minimum absolute atomic E-state index is 0.303. The van der Waals surface area contributed by atoms with Crippen molar-refractivity contribution < 1.29 is 9.53 Å². The van der Waals surface area contributed by atoms with Gasteiger partial charge in [0.25, 0.3) is 0 Å². The van der Waals surface area contributed by atoms with Crippen LogP contribution in [0.2, 0.25) is 0 Å². The normalized spacial score (nSPS) is 10.2. The van der Waals surface area contributed by atoms with Crippen LogP contribution in [0.15, 0.2) is 42.5 Å². The number of rotatable bonds is 4. The molecule has 0 heterocycles. The van der Waals surface area contributed by atoms with Crippen molar-refractivity contribution in [3.8, 4) is 0 Å². The standard InChI is InChI=1S/C17H19NO2/c1-12-8-13(2)10-15(9-12)18-11-14-6-4-5-7-16(14)17(19)20-3/h4-10,18H,11H2,1-3H3. The summed E-state index contributed by atoms with van der Waals surface area (Å²) in [7, 11) is 1.40. The summed E-state index contributed by atoms with van der Waals surface area (Å²) in [5.41, 5.74) is 5.02. The number of hydrogen-bond donors (Lipinski definition) is 1. The number of ether oxygens (including phenoxy) is 1. The van der Waals surface area contributed by atoms with E-state index in [1.54, 1.807) is 6.07 Å². The van der Waals surface area contributed by atoms with Crippen LogP contribution in [0.1, 0.15) is 27.0 Å². The molecule has 1 N–H and O–H groups in total. The van der Waals surface area contributed by atoms with Crippen LogP contribution in [0, 0.1) is 13.8 Å². The Kier molecular flexibility index (Phi) is 4.41. The number of hydrogen-bond acceptors (Lipinski definition) is 3. The molecule has 2 aromatic rings. The lowest BCUT2D eigenvalue weighted by Gasteiger charge is -2.11. The Labute approximate surface area is 119 Å². The zero-order valence-corrected chi connectivity index (χ0v) is 12.1. The van der Waals surface area contributed by atoms with E-state index in [1.165, 1.54) is 18.2 Å². The second-order valence-corrected chi connectivity index (χ2v) is 4.88. The van der Waals surface area contributed by atoms with E-state index in [4.69, 9.17) is 4.74 Å². The van der Waals surface area contributed by atoms with Crippen LogP contribution in [0.3, 0.4) is 0 Å². The van der Waals surface area contributed by atoms with Gasteiger partial charge in [0.15, 0.2) is 0 Å². The first-order valence-electron chi connectivity index (χ1n) is 6.58. The maximum Gasteiger partial charge on any atom is 0.338 e. The molecule has 0 fully saturated rings. The largest absolute Gasteiger partial charge is 0.465 e. The fourth-order valence-corrected chi connectivity index (χ4v) is 2.26. The molecule has 0 spiro atoms. The molecule has 2 rings (SSSR count). The molecule has 0 amide bonds. The number of methoxy groups -OCH3 is 1. The van der Waals surface area contributed by atoms with Gasteiger partial charge in [-0.05, 0) is 48.7 Å². The Morgan fingerprint density at radius 1 is 1.10 bits per heavy atom. The number of aryl methyl sites for hydroxylation is 2. The Balaban J connectivity index is 2.16. The van der Waals surface area contributed by atoms with Gasteiger partial charge in [-0.2, -0.15) is 0 Å². The van der Waals surface area contributed by atoms with Gasteiger partial charge < -0.3 is 10.1 Å². The molecule has 0 saturated heterocycles. The number of carbonyl (C=O) groups is 1. The predicted molar refractivity (Wildman–Crippen MR) is 81.0 cm³/mol. The lowest BCUT2D eigenvalue weighted by Crippen LogP contribution is -2.09. The van der Waals surface area contributed by atoms with Crippen LogP contribution in [0.5, 0.6) is 0 Å². The molecular formula is C17H19NO2. The molecule has 0 aromatic heterocycles. The summed E-state index contributed by atoms with van der Waals surface area (Å²) in [6.45, 7) is 4.73. The Hall–Kier alpha value is -2.29. The second-order valence-electron chi connectivity index (χ2n) is 4.88. The Morgan fingerprint density at radius 3 is 2.40 bits per heavy atom. The fourth-order valence-electron chi connectivity index (χ4n) is 2.26. The molecule has 3 heteroatoms. The number of nitrogens with one attached hydrogen (secondary N) is 1. The van der Waals surface area contributed by atoms with Crippen LogP contribution in [-0.2, 0) is 11.3 Å². The topological polar surface area (TPSA) is 38.3 Å². The van der Waals surface area contributed by atoms with Gasteiger partial charge in [-0.3, -0.25) is 0 Å². The smallest absolute Gasteiger partial charge is 0.338 e. The van der Waals surface area contributed by atoms with E-state index < -0.39 is 0 Å². The van der Waals surface area contributed by atoms with Gasteiger partial charge in [-0.1, -0.05) is 24.3 Å². The number of carbonyl (C=O) groups excluding carboxylic acids is 1. The van der Waals surface area contributed by atoms with Gasteiger partial charge in [0, 0.05) is 12.2 Å². The van der Waals surface area contributed by atoms with E-state index in [9.17, 15) is 4.79 Å². The zero-order chi connectivity index (χ0) is 14.5. The molecule has 2 aromatic carbocycles. The first-order chi connectivity index (χ1) is 9.60. The third-order valence-corrected chi connectivity index (χ3v) is 3.13. The number of benzene rings is 2. The Morgan fingerprint density at radius 2 is 1.75 bits per heavy atom. The van der Waals surface area contributed by atoms with Crippen molar-refractivity contribution in [1.29, 1.82) is 0 Å². The van der Waals surface area contributed by atoms with Crippen molar-refractivity contribution in [2.45, 2.75) is 20.4 Å². The Bertz CT molecular complexity index is 600. The van der Waals surface area contributed by atoms with E-state index in [0.717, 1.165) is 11.3 Å². The van der Waals surface area contributed by atoms with Gasteiger partial charge in [-0.15, -0.1) is 0 Å². The minimum Gasteiger partial charge on any atom is -0.465 e. The highest BCUT2D eigenvalue weighted by Crippen LogP contribution is 2.16.